The zero-order valence-electron chi connectivity index (χ0n) is 38.2. The summed E-state index contributed by atoms with van der Waals surface area (Å²) < 4.78 is 33.9. The molecule has 4 saturated carbocycles. The molecule has 12 unspecified atom stereocenters. The second-order valence-electron chi connectivity index (χ2n) is 19.8. The molecule has 4 rings (SSSR count). The topological polar surface area (TPSA) is 218 Å². The summed E-state index contributed by atoms with van der Waals surface area (Å²) in [6.45, 7) is 20.2. The van der Waals surface area contributed by atoms with Crippen molar-refractivity contribution in [2.75, 3.05) is 40.6 Å². The molecule has 0 aromatic heterocycles. The number of ether oxygens (including phenoxy) is 6. The van der Waals surface area contributed by atoms with Crippen LogP contribution in [-0.4, -0.2) is 110 Å². The van der Waals surface area contributed by atoms with Crippen molar-refractivity contribution < 1.29 is 72.5 Å². The molecule has 62 heavy (non-hydrogen) atoms. The summed E-state index contributed by atoms with van der Waals surface area (Å²) in [7, 11) is 2.29. The standard InChI is InChI=1S/C47H72O15/c1-27(2)62-41(54)31(22-37(51)52)39(43(56)58-10)60-24-33-29(4)14-16-35-45(6,18-12-20-47(33,35)8)26-61-40(53)30(21-36(49)50)38(42(55)57-9)59-23-32-28(3)13-15-34-44(5,25-48)17-11-19-46(32,34)7/h27,30-35,38-39,48H,3-4,11-26H2,1-2,5-10H3,(H,49,50)(H,51,52). The minimum atomic E-state index is -1.57. The van der Waals surface area contributed by atoms with Gasteiger partial charge in [-0.3, -0.25) is 19.2 Å². The van der Waals surface area contributed by atoms with Crippen molar-refractivity contribution in [2.24, 2.45) is 57.2 Å². The van der Waals surface area contributed by atoms with E-state index in [0.29, 0.717) is 19.3 Å². The molecule has 0 spiro atoms. The highest BCUT2D eigenvalue weighted by molar-refractivity contribution is 5.88. The number of aliphatic hydroxyl groups is 1. The molecule has 3 N–H and O–H groups in total. The van der Waals surface area contributed by atoms with Crippen molar-refractivity contribution in [1.82, 2.24) is 0 Å². The lowest BCUT2D eigenvalue weighted by Crippen LogP contribution is -2.54. The molecule has 0 bridgehead atoms. The van der Waals surface area contributed by atoms with Crippen LogP contribution in [-0.2, 0) is 57.2 Å². The van der Waals surface area contributed by atoms with Crippen molar-refractivity contribution in [2.45, 2.75) is 137 Å². The van der Waals surface area contributed by atoms with Crippen molar-refractivity contribution in [3.8, 4) is 0 Å². The highest BCUT2D eigenvalue weighted by Crippen LogP contribution is 2.62. The average Bonchev–Trinajstić information content (AvgIpc) is 3.19. The van der Waals surface area contributed by atoms with E-state index in [4.69, 9.17) is 28.4 Å². The molecule has 4 fully saturated rings. The number of aliphatic hydroxyl groups excluding tert-OH is 1. The van der Waals surface area contributed by atoms with E-state index in [9.17, 15) is 44.1 Å². The van der Waals surface area contributed by atoms with E-state index in [0.717, 1.165) is 70.3 Å². The Hall–Kier alpha value is -3.82. The lowest BCUT2D eigenvalue weighted by atomic mass is 9.47. The Morgan fingerprint density at radius 1 is 0.661 bits per heavy atom. The highest BCUT2D eigenvalue weighted by Gasteiger charge is 2.57. The van der Waals surface area contributed by atoms with Crippen LogP contribution < -0.4 is 0 Å². The van der Waals surface area contributed by atoms with E-state index in [-0.39, 0.29) is 60.9 Å². The molecule has 12 atom stereocenters. The fourth-order valence-corrected chi connectivity index (χ4v) is 12.1. The first-order valence-corrected chi connectivity index (χ1v) is 22.2. The third-order valence-electron chi connectivity index (χ3n) is 15.4. The van der Waals surface area contributed by atoms with Crippen LogP contribution in [0.5, 0.6) is 0 Å². The second-order valence-corrected chi connectivity index (χ2v) is 19.8. The molecule has 4 aliphatic rings. The van der Waals surface area contributed by atoms with Gasteiger partial charge in [0.2, 0.25) is 0 Å². The average molecular weight is 877 g/mol. The highest BCUT2D eigenvalue weighted by atomic mass is 16.6. The Labute approximate surface area is 366 Å². The van der Waals surface area contributed by atoms with Crippen LogP contribution in [0.4, 0.5) is 0 Å². The number of esters is 4. The Bertz CT molecular complexity index is 1690. The summed E-state index contributed by atoms with van der Waals surface area (Å²) in [5, 5.41) is 30.1. The predicted octanol–water partition coefficient (Wildman–Crippen LogP) is 6.33. The Morgan fingerprint density at radius 3 is 1.48 bits per heavy atom. The van der Waals surface area contributed by atoms with E-state index in [1.54, 1.807) is 13.8 Å². The number of rotatable bonds is 20. The van der Waals surface area contributed by atoms with Crippen LogP contribution in [0.2, 0.25) is 0 Å². The van der Waals surface area contributed by atoms with Gasteiger partial charge in [0.15, 0.2) is 12.2 Å². The number of methoxy groups -OCH3 is 2. The zero-order valence-corrected chi connectivity index (χ0v) is 38.2. The van der Waals surface area contributed by atoms with E-state index >= 15 is 0 Å². The molecule has 0 aromatic carbocycles. The minimum absolute atomic E-state index is 0.00873. The molecule has 0 aliphatic heterocycles. The first-order chi connectivity index (χ1) is 29.0. The van der Waals surface area contributed by atoms with Gasteiger partial charge in [-0.15, -0.1) is 0 Å². The lowest BCUT2D eigenvalue weighted by molar-refractivity contribution is -0.182. The fourth-order valence-electron chi connectivity index (χ4n) is 12.1. The summed E-state index contributed by atoms with van der Waals surface area (Å²) in [6, 6.07) is 0. The molecule has 15 heteroatoms. The van der Waals surface area contributed by atoms with Gasteiger partial charge in [-0.1, -0.05) is 64.8 Å². The zero-order chi connectivity index (χ0) is 46.4. The molecule has 15 nitrogen and oxygen atoms in total. The summed E-state index contributed by atoms with van der Waals surface area (Å²) in [4.78, 5) is 77.8. The summed E-state index contributed by atoms with van der Waals surface area (Å²) in [5.41, 5.74) is 0.111. The number of aliphatic carboxylic acids is 2. The van der Waals surface area contributed by atoms with Gasteiger partial charge >= 0.3 is 35.8 Å². The predicted molar refractivity (Wildman–Crippen MR) is 225 cm³/mol. The summed E-state index contributed by atoms with van der Waals surface area (Å²) in [5.74, 6) is -9.67. The van der Waals surface area contributed by atoms with Crippen molar-refractivity contribution in [1.29, 1.82) is 0 Å². The Balaban J connectivity index is 1.55. The van der Waals surface area contributed by atoms with Gasteiger partial charge < -0.3 is 43.7 Å². The molecular weight excluding hydrogens is 805 g/mol. The third-order valence-corrected chi connectivity index (χ3v) is 15.4. The van der Waals surface area contributed by atoms with Gasteiger partial charge in [-0.2, -0.15) is 0 Å². The third kappa shape index (κ3) is 10.9. The second kappa shape index (κ2) is 20.8. The molecule has 0 radical (unpaired) electrons. The first-order valence-electron chi connectivity index (χ1n) is 22.2. The molecule has 350 valence electrons. The lowest BCUT2D eigenvalue weighted by Gasteiger charge is -2.58. The van der Waals surface area contributed by atoms with Crippen molar-refractivity contribution >= 4 is 35.8 Å². The summed E-state index contributed by atoms with van der Waals surface area (Å²) >= 11 is 0. The van der Waals surface area contributed by atoms with Crippen LogP contribution in [0.15, 0.2) is 24.3 Å². The number of hydrogen-bond donors (Lipinski definition) is 3. The van der Waals surface area contributed by atoms with Gasteiger partial charge in [0.25, 0.3) is 0 Å². The molecule has 0 heterocycles. The smallest absolute Gasteiger partial charge is 0.335 e. The SMILES string of the molecule is C=C1CCC2C(C)(CO)CCCC2(C)C1COC(C(=O)OC)C(CC(=O)O)C(=O)OCC1(C)CCCC2(C)C(COC(C(=O)OC)C(CC(=O)O)C(=O)OC(C)C)C(=C)CCC12. The van der Waals surface area contributed by atoms with Gasteiger partial charge in [0.1, 0.15) is 11.8 Å². The number of fused-ring (bicyclic) bond motifs is 2. The number of carbonyl (C=O) groups is 6. The van der Waals surface area contributed by atoms with Gasteiger partial charge in [0.05, 0.1) is 53.0 Å². The van der Waals surface area contributed by atoms with Crippen molar-refractivity contribution in [3.63, 3.8) is 0 Å². The maximum atomic E-state index is 14.2. The van der Waals surface area contributed by atoms with Crippen LogP contribution >= 0.6 is 0 Å². The van der Waals surface area contributed by atoms with E-state index in [2.05, 4.69) is 33.9 Å². The van der Waals surface area contributed by atoms with E-state index in [1.807, 2.05) is 6.92 Å². The summed E-state index contributed by atoms with van der Waals surface area (Å²) in [6.07, 6.45) is 2.50. The molecule has 0 aromatic rings. The molecular formula is C47H72O15. The maximum Gasteiger partial charge on any atom is 0.335 e. The number of hydrogen-bond acceptors (Lipinski definition) is 13. The number of carbonyl (C=O) groups excluding carboxylic acids is 4. The fraction of sp³-hybridized carbons (Fsp3) is 0.787. The first kappa shape index (κ1) is 50.8. The molecule has 0 saturated heterocycles. The van der Waals surface area contributed by atoms with Gasteiger partial charge in [-0.25, -0.2) is 9.59 Å². The minimum Gasteiger partial charge on any atom is -0.481 e. The number of carboxylic acid groups (broad SMARTS) is 2. The van der Waals surface area contributed by atoms with Crippen LogP contribution in [0.3, 0.4) is 0 Å². The largest absolute Gasteiger partial charge is 0.481 e. The monoisotopic (exact) mass is 876 g/mol. The normalized spacial score (nSPS) is 32.9. The van der Waals surface area contributed by atoms with Crippen LogP contribution in [0.1, 0.15) is 119 Å². The van der Waals surface area contributed by atoms with Gasteiger partial charge in [0, 0.05) is 23.9 Å². The van der Waals surface area contributed by atoms with E-state index in [1.165, 1.54) is 0 Å². The van der Waals surface area contributed by atoms with Crippen LogP contribution in [0.25, 0.3) is 0 Å². The van der Waals surface area contributed by atoms with Crippen molar-refractivity contribution in [3.05, 3.63) is 24.3 Å². The molecule has 0 amide bonds. The van der Waals surface area contributed by atoms with Gasteiger partial charge in [-0.05, 0) is 93.3 Å². The maximum absolute atomic E-state index is 14.2. The Morgan fingerprint density at radius 2 is 1.08 bits per heavy atom. The quantitative estimate of drug-likeness (QED) is 0.0692. The van der Waals surface area contributed by atoms with E-state index < -0.39 is 89.6 Å². The Kier molecular flexibility index (Phi) is 17.0. The van der Waals surface area contributed by atoms with Crippen LogP contribution in [0, 0.1) is 57.2 Å². The number of carboxylic acids is 2. The molecule has 4 aliphatic carbocycles.